The van der Waals surface area contributed by atoms with Gasteiger partial charge in [0.05, 0.1) is 15.7 Å². The fourth-order valence-corrected chi connectivity index (χ4v) is 2.06. The highest BCUT2D eigenvalue weighted by molar-refractivity contribution is 6.35. The molecule has 1 heterocycles. The highest BCUT2D eigenvalue weighted by Crippen LogP contribution is 2.24. The Labute approximate surface area is 126 Å². The number of rotatable bonds is 3. The van der Waals surface area contributed by atoms with Crippen molar-refractivity contribution in [1.82, 2.24) is 4.98 Å². The van der Waals surface area contributed by atoms with E-state index in [1.807, 2.05) is 13.0 Å². The van der Waals surface area contributed by atoms with Crippen molar-refractivity contribution in [2.45, 2.75) is 6.92 Å². The molecular formula is C13H12Cl2N4O. The molecule has 5 nitrogen and oxygen atoms in total. The summed E-state index contributed by atoms with van der Waals surface area (Å²) >= 11 is 12.0. The molecule has 4 N–H and O–H groups in total. The van der Waals surface area contributed by atoms with E-state index in [-0.39, 0.29) is 10.7 Å². The quantitative estimate of drug-likeness (QED) is 0.600. The molecule has 1 aromatic heterocycles. The maximum absolute atomic E-state index is 12.2. The number of anilines is 2. The topological polar surface area (TPSA) is 80.0 Å². The van der Waals surface area contributed by atoms with E-state index in [4.69, 9.17) is 29.0 Å². The van der Waals surface area contributed by atoms with Crippen LogP contribution in [-0.4, -0.2) is 10.9 Å². The molecule has 0 fully saturated rings. The Hall–Kier alpha value is -1.82. The van der Waals surface area contributed by atoms with Crippen molar-refractivity contribution in [3.63, 3.8) is 0 Å². The SMILES string of the molecule is Cc1ccc(NC(=O)c2nc(NN)ccc2Cl)c(Cl)c1. The van der Waals surface area contributed by atoms with Crippen LogP contribution < -0.4 is 16.6 Å². The first-order chi connectivity index (χ1) is 9.51. The first-order valence-corrected chi connectivity index (χ1v) is 6.47. The summed E-state index contributed by atoms with van der Waals surface area (Å²) in [4.78, 5) is 16.2. The molecule has 1 amide bonds. The third-order valence-corrected chi connectivity index (χ3v) is 3.20. The van der Waals surface area contributed by atoms with Crippen molar-refractivity contribution in [2.24, 2.45) is 5.84 Å². The monoisotopic (exact) mass is 310 g/mol. The van der Waals surface area contributed by atoms with Gasteiger partial charge in [0.2, 0.25) is 0 Å². The Morgan fingerprint density at radius 3 is 2.60 bits per heavy atom. The van der Waals surface area contributed by atoms with E-state index in [1.54, 1.807) is 18.2 Å². The number of aryl methyl sites for hydroxylation is 1. The number of amides is 1. The van der Waals surface area contributed by atoms with Gasteiger partial charge in [-0.25, -0.2) is 10.8 Å². The zero-order valence-corrected chi connectivity index (χ0v) is 12.1. The fraction of sp³-hybridized carbons (Fsp3) is 0.0769. The maximum Gasteiger partial charge on any atom is 0.275 e. The lowest BCUT2D eigenvalue weighted by molar-refractivity contribution is 0.102. The van der Waals surface area contributed by atoms with Crippen LogP contribution in [-0.2, 0) is 0 Å². The molecule has 0 atom stereocenters. The largest absolute Gasteiger partial charge is 0.319 e. The molecule has 2 aromatic rings. The molecule has 0 aliphatic carbocycles. The van der Waals surface area contributed by atoms with Gasteiger partial charge < -0.3 is 10.7 Å². The lowest BCUT2D eigenvalue weighted by atomic mass is 10.2. The van der Waals surface area contributed by atoms with Gasteiger partial charge in [0, 0.05) is 0 Å². The van der Waals surface area contributed by atoms with Crippen molar-refractivity contribution in [1.29, 1.82) is 0 Å². The molecule has 0 unspecified atom stereocenters. The van der Waals surface area contributed by atoms with Gasteiger partial charge in [-0.2, -0.15) is 0 Å². The Bertz CT molecular complexity index is 661. The first kappa shape index (κ1) is 14.6. The molecule has 0 radical (unpaired) electrons. The summed E-state index contributed by atoms with van der Waals surface area (Å²) in [7, 11) is 0. The number of nitrogen functional groups attached to an aromatic ring is 1. The highest BCUT2D eigenvalue weighted by atomic mass is 35.5. The predicted molar refractivity (Wildman–Crippen MR) is 81.2 cm³/mol. The molecule has 0 spiro atoms. The third kappa shape index (κ3) is 3.19. The second-order valence-corrected chi connectivity index (χ2v) is 4.92. The number of hydrazine groups is 1. The molecule has 0 saturated carbocycles. The van der Waals surface area contributed by atoms with E-state index < -0.39 is 5.91 Å². The van der Waals surface area contributed by atoms with Crippen LogP contribution in [0.1, 0.15) is 16.1 Å². The van der Waals surface area contributed by atoms with Gasteiger partial charge in [-0.05, 0) is 36.8 Å². The van der Waals surface area contributed by atoms with Crippen LogP contribution in [0.5, 0.6) is 0 Å². The van der Waals surface area contributed by atoms with Crippen molar-refractivity contribution >= 4 is 40.6 Å². The number of hydrogen-bond donors (Lipinski definition) is 3. The molecule has 0 bridgehead atoms. The lowest BCUT2D eigenvalue weighted by Gasteiger charge is -2.09. The van der Waals surface area contributed by atoms with Gasteiger partial charge in [-0.3, -0.25) is 4.79 Å². The number of carbonyl (C=O) groups excluding carboxylic acids is 1. The number of carbonyl (C=O) groups is 1. The number of aromatic nitrogens is 1. The zero-order chi connectivity index (χ0) is 14.7. The molecule has 2 rings (SSSR count). The summed E-state index contributed by atoms with van der Waals surface area (Å²) in [6.07, 6.45) is 0. The van der Waals surface area contributed by atoms with Crippen LogP contribution in [0.2, 0.25) is 10.0 Å². The van der Waals surface area contributed by atoms with Gasteiger partial charge in [0.15, 0.2) is 0 Å². The van der Waals surface area contributed by atoms with Gasteiger partial charge in [0.1, 0.15) is 11.5 Å². The van der Waals surface area contributed by atoms with E-state index in [0.29, 0.717) is 16.5 Å². The van der Waals surface area contributed by atoms with Gasteiger partial charge in [0.25, 0.3) is 5.91 Å². The number of halogens is 2. The molecule has 0 aliphatic heterocycles. The van der Waals surface area contributed by atoms with Crippen molar-refractivity contribution in [3.8, 4) is 0 Å². The average molecular weight is 311 g/mol. The van der Waals surface area contributed by atoms with Crippen LogP contribution >= 0.6 is 23.2 Å². The summed E-state index contributed by atoms with van der Waals surface area (Å²) in [6, 6.07) is 8.42. The number of pyridine rings is 1. The number of benzene rings is 1. The van der Waals surface area contributed by atoms with Crippen LogP contribution in [0.25, 0.3) is 0 Å². The Kier molecular flexibility index (Phi) is 4.44. The van der Waals surface area contributed by atoms with Gasteiger partial charge in [-0.15, -0.1) is 0 Å². The normalized spacial score (nSPS) is 10.2. The molecular weight excluding hydrogens is 299 g/mol. The predicted octanol–water partition coefficient (Wildman–Crippen LogP) is 3.23. The van der Waals surface area contributed by atoms with Crippen molar-refractivity contribution < 1.29 is 4.79 Å². The second-order valence-electron chi connectivity index (χ2n) is 4.11. The van der Waals surface area contributed by atoms with Crippen molar-refractivity contribution in [2.75, 3.05) is 10.7 Å². The Morgan fingerprint density at radius 2 is 1.95 bits per heavy atom. The highest BCUT2D eigenvalue weighted by Gasteiger charge is 2.14. The number of hydrogen-bond acceptors (Lipinski definition) is 4. The molecule has 20 heavy (non-hydrogen) atoms. The van der Waals surface area contributed by atoms with Gasteiger partial charge in [-0.1, -0.05) is 29.3 Å². The molecule has 0 saturated heterocycles. The minimum atomic E-state index is -0.460. The summed E-state index contributed by atoms with van der Waals surface area (Å²) in [5.41, 5.74) is 3.92. The van der Waals surface area contributed by atoms with Crippen LogP contribution in [0.15, 0.2) is 30.3 Å². The molecule has 1 aromatic carbocycles. The van der Waals surface area contributed by atoms with Gasteiger partial charge >= 0.3 is 0 Å². The standard InChI is InChI=1S/C13H12Cl2N4O/c1-7-2-4-10(9(15)6-7)17-13(20)12-8(14)3-5-11(18-12)19-16/h2-6H,16H2,1H3,(H,17,20)(H,18,19). The van der Waals surface area contributed by atoms with Crippen molar-refractivity contribution in [3.05, 3.63) is 51.6 Å². The van der Waals surface area contributed by atoms with Crippen LogP contribution in [0.3, 0.4) is 0 Å². The van der Waals surface area contributed by atoms with E-state index in [2.05, 4.69) is 15.7 Å². The van der Waals surface area contributed by atoms with E-state index in [0.717, 1.165) is 5.56 Å². The summed E-state index contributed by atoms with van der Waals surface area (Å²) < 4.78 is 0. The van der Waals surface area contributed by atoms with E-state index in [9.17, 15) is 4.79 Å². The summed E-state index contributed by atoms with van der Waals surface area (Å²) in [6.45, 7) is 1.91. The number of nitrogens with zero attached hydrogens (tertiary/aromatic N) is 1. The fourth-order valence-electron chi connectivity index (χ4n) is 1.58. The van der Waals surface area contributed by atoms with E-state index in [1.165, 1.54) is 6.07 Å². The lowest BCUT2D eigenvalue weighted by Crippen LogP contribution is -2.17. The second kappa shape index (κ2) is 6.09. The summed E-state index contributed by atoms with van der Waals surface area (Å²) in [5.74, 6) is 5.14. The smallest absolute Gasteiger partial charge is 0.275 e. The molecule has 104 valence electrons. The average Bonchev–Trinajstić information content (AvgIpc) is 2.42. The first-order valence-electron chi connectivity index (χ1n) is 5.72. The number of nitrogens with one attached hydrogen (secondary N) is 2. The van der Waals surface area contributed by atoms with Crippen LogP contribution in [0, 0.1) is 6.92 Å². The third-order valence-electron chi connectivity index (χ3n) is 2.58. The Balaban J connectivity index is 2.28. The molecule has 7 heteroatoms. The van der Waals surface area contributed by atoms with Crippen LogP contribution in [0.4, 0.5) is 11.5 Å². The minimum Gasteiger partial charge on any atom is -0.319 e. The zero-order valence-electron chi connectivity index (χ0n) is 10.6. The van der Waals surface area contributed by atoms with E-state index >= 15 is 0 Å². The minimum absolute atomic E-state index is 0.0683. The molecule has 0 aliphatic rings. The number of nitrogens with two attached hydrogens (primary N) is 1. The Morgan fingerprint density at radius 1 is 1.20 bits per heavy atom. The maximum atomic E-state index is 12.2. The summed E-state index contributed by atoms with van der Waals surface area (Å²) in [5, 5.41) is 3.33.